The van der Waals surface area contributed by atoms with Gasteiger partial charge in [0.05, 0.1) is 0 Å². The van der Waals surface area contributed by atoms with Gasteiger partial charge in [0.2, 0.25) is 0 Å². The summed E-state index contributed by atoms with van der Waals surface area (Å²) in [4.78, 5) is 0. The topological polar surface area (TPSA) is 29.5 Å². The maximum Gasteiger partial charge on any atom is 0.186 e. The number of benzene rings is 2. The maximum atomic E-state index is 8.66. The van der Waals surface area contributed by atoms with E-state index in [1.165, 1.54) is 0 Å². The molecule has 2 aromatic rings. The van der Waals surface area contributed by atoms with E-state index >= 15 is 0 Å². The van der Waals surface area contributed by atoms with Crippen molar-refractivity contribution in [1.29, 1.82) is 0 Å². The smallest absolute Gasteiger partial charge is 0.186 e. The van der Waals surface area contributed by atoms with Crippen LogP contribution >= 0.6 is 0 Å². The molecule has 0 atom stereocenters. The van der Waals surface area contributed by atoms with Gasteiger partial charge in [0, 0.05) is 0 Å². The van der Waals surface area contributed by atoms with Crippen LogP contribution in [0.3, 0.4) is 0 Å². The normalized spacial score (nSPS) is 9.93. The van der Waals surface area contributed by atoms with Crippen LogP contribution < -0.4 is 4.74 Å². The van der Waals surface area contributed by atoms with E-state index in [0.717, 1.165) is 11.1 Å². The molecule has 0 heterocycles. The summed E-state index contributed by atoms with van der Waals surface area (Å²) in [5.41, 5.74) is 2.22. The number of rotatable bonds is 3. The van der Waals surface area contributed by atoms with Crippen LogP contribution in [-0.4, -0.2) is 11.9 Å². The van der Waals surface area contributed by atoms with Crippen molar-refractivity contribution in [3.63, 3.8) is 0 Å². The van der Waals surface area contributed by atoms with E-state index in [1.807, 2.05) is 54.6 Å². The fourth-order valence-electron chi connectivity index (χ4n) is 1.47. The highest BCUT2D eigenvalue weighted by molar-refractivity contribution is 5.64. The Hall–Kier alpha value is -1.80. The van der Waals surface area contributed by atoms with Gasteiger partial charge in [-0.3, -0.25) is 0 Å². The van der Waals surface area contributed by atoms with E-state index in [4.69, 9.17) is 9.84 Å². The predicted molar refractivity (Wildman–Crippen MR) is 59.6 cm³/mol. The largest absolute Gasteiger partial charge is 0.468 e. The Kier molecular flexibility index (Phi) is 3.00. The van der Waals surface area contributed by atoms with Gasteiger partial charge in [0.25, 0.3) is 0 Å². The summed E-state index contributed by atoms with van der Waals surface area (Å²) in [5.74, 6) is 0.679. The van der Waals surface area contributed by atoms with Crippen LogP contribution in [0.5, 0.6) is 5.75 Å². The highest BCUT2D eigenvalue weighted by Gasteiger charge is 1.98. The second-order valence-electron chi connectivity index (χ2n) is 3.17. The molecule has 0 aliphatic heterocycles. The quantitative estimate of drug-likeness (QED) is 0.772. The summed E-state index contributed by atoms with van der Waals surface area (Å²) < 4.78 is 5.02. The van der Waals surface area contributed by atoms with Crippen molar-refractivity contribution in [2.45, 2.75) is 0 Å². The van der Waals surface area contributed by atoms with Crippen LogP contribution in [0.1, 0.15) is 0 Å². The lowest BCUT2D eigenvalue weighted by Crippen LogP contribution is -1.94. The molecular formula is C13H12O2. The van der Waals surface area contributed by atoms with Crippen LogP contribution in [0.2, 0.25) is 0 Å². The zero-order chi connectivity index (χ0) is 10.5. The van der Waals surface area contributed by atoms with Crippen LogP contribution in [0.15, 0.2) is 54.6 Å². The molecule has 1 N–H and O–H groups in total. The number of hydrogen-bond donors (Lipinski definition) is 1. The Morgan fingerprint density at radius 1 is 0.867 bits per heavy atom. The molecule has 15 heavy (non-hydrogen) atoms. The molecule has 2 nitrogen and oxygen atoms in total. The van der Waals surface area contributed by atoms with Gasteiger partial charge in [-0.1, -0.05) is 42.5 Å². The van der Waals surface area contributed by atoms with Crippen molar-refractivity contribution >= 4 is 0 Å². The number of aliphatic hydroxyl groups excluding tert-OH is 1. The SMILES string of the molecule is OCOc1cccc(-c2ccccc2)c1. The summed E-state index contributed by atoms with van der Waals surface area (Å²) in [6.07, 6.45) is 0. The third kappa shape index (κ3) is 2.36. The van der Waals surface area contributed by atoms with Gasteiger partial charge in [0.15, 0.2) is 6.79 Å². The van der Waals surface area contributed by atoms with Gasteiger partial charge in [0.1, 0.15) is 5.75 Å². The molecule has 0 aliphatic rings. The average Bonchev–Trinajstić information content (AvgIpc) is 2.31. The van der Waals surface area contributed by atoms with Gasteiger partial charge < -0.3 is 9.84 Å². The number of aliphatic hydroxyl groups is 1. The molecule has 0 aromatic heterocycles. The van der Waals surface area contributed by atoms with Crippen molar-refractivity contribution in [3.8, 4) is 16.9 Å². The minimum absolute atomic E-state index is 0.293. The molecule has 0 saturated heterocycles. The van der Waals surface area contributed by atoms with Gasteiger partial charge in [-0.15, -0.1) is 0 Å². The second-order valence-corrected chi connectivity index (χ2v) is 3.17. The lowest BCUT2D eigenvalue weighted by Gasteiger charge is -2.05. The summed E-state index contributed by atoms with van der Waals surface area (Å²) >= 11 is 0. The highest BCUT2D eigenvalue weighted by atomic mass is 16.6. The Morgan fingerprint density at radius 2 is 1.60 bits per heavy atom. The zero-order valence-electron chi connectivity index (χ0n) is 8.26. The van der Waals surface area contributed by atoms with Gasteiger partial charge in [-0.25, -0.2) is 0 Å². The van der Waals surface area contributed by atoms with Gasteiger partial charge in [-0.2, -0.15) is 0 Å². The van der Waals surface area contributed by atoms with Crippen molar-refractivity contribution in [1.82, 2.24) is 0 Å². The van der Waals surface area contributed by atoms with E-state index < -0.39 is 0 Å². The molecule has 0 saturated carbocycles. The van der Waals surface area contributed by atoms with Crippen molar-refractivity contribution in [2.24, 2.45) is 0 Å². The highest BCUT2D eigenvalue weighted by Crippen LogP contribution is 2.23. The monoisotopic (exact) mass is 200 g/mol. The lowest BCUT2D eigenvalue weighted by molar-refractivity contribution is 0.0986. The molecule has 0 unspecified atom stereocenters. The Morgan fingerprint density at radius 3 is 2.33 bits per heavy atom. The minimum Gasteiger partial charge on any atom is -0.468 e. The first kappa shape index (κ1) is 9.74. The summed E-state index contributed by atoms with van der Waals surface area (Å²) in [6, 6.07) is 17.7. The van der Waals surface area contributed by atoms with Crippen LogP contribution in [-0.2, 0) is 0 Å². The third-order valence-corrected chi connectivity index (χ3v) is 2.17. The van der Waals surface area contributed by atoms with Crippen molar-refractivity contribution in [3.05, 3.63) is 54.6 Å². The van der Waals surface area contributed by atoms with Crippen molar-refractivity contribution in [2.75, 3.05) is 6.79 Å². The summed E-state index contributed by atoms with van der Waals surface area (Å²) in [5, 5.41) is 8.66. The van der Waals surface area contributed by atoms with Gasteiger partial charge >= 0.3 is 0 Å². The maximum absolute atomic E-state index is 8.66. The third-order valence-electron chi connectivity index (χ3n) is 2.17. The molecule has 0 fully saturated rings. The number of hydrogen-bond acceptors (Lipinski definition) is 2. The van der Waals surface area contributed by atoms with E-state index in [2.05, 4.69) is 0 Å². The Bertz CT molecular complexity index is 424. The molecule has 0 radical (unpaired) electrons. The molecule has 0 amide bonds. The zero-order valence-corrected chi connectivity index (χ0v) is 8.26. The number of ether oxygens (including phenoxy) is 1. The molecule has 0 spiro atoms. The first-order chi connectivity index (χ1) is 7.40. The Balaban J connectivity index is 2.33. The van der Waals surface area contributed by atoms with Crippen molar-refractivity contribution < 1.29 is 9.84 Å². The predicted octanol–water partition coefficient (Wildman–Crippen LogP) is 2.68. The first-order valence-electron chi connectivity index (χ1n) is 4.79. The molecule has 2 heteroatoms. The molecule has 0 bridgehead atoms. The fourth-order valence-corrected chi connectivity index (χ4v) is 1.47. The van der Waals surface area contributed by atoms with Crippen LogP contribution in [0, 0.1) is 0 Å². The van der Waals surface area contributed by atoms with E-state index in [-0.39, 0.29) is 6.79 Å². The first-order valence-corrected chi connectivity index (χ1v) is 4.79. The molecule has 2 aromatic carbocycles. The Labute approximate surface area is 88.8 Å². The van der Waals surface area contributed by atoms with E-state index in [0.29, 0.717) is 5.75 Å². The molecular weight excluding hydrogens is 188 g/mol. The standard InChI is InChI=1S/C13H12O2/c14-10-15-13-8-4-7-12(9-13)11-5-2-1-3-6-11/h1-9,14H,10H2. The van der Waals surface area contributed by atoms with Crippen LogP contribution in [0.25, 0.3) is 11.1 Å². The lowest BCUT2D eigenvalue weighted by atomic mass is 10.1. The fraction of sp³-hybridized carbons (Fsp3) is 0.0769. The molecule has 2 rings (SSSR count). The molecule has 0 aliphatic carbocycles. The minimum atomic E-state index is -0.293. The van der Waals surface area contributed by atoms with E-state index in [9.17, 15) is 0 Å². The van der Waals surface area contributed by atoms with Gasteiger partial charge in [-0.05, 0) is 23.3 Å². The average molecular weight is 200 g/mol. The summed E-state index contributed by atoms with van der Waals surface area (Å²) in [6.45, 7) is -0.293. The second kappa shape index (κ2) is 4.62. The summed E-state index contributed by atoms with van der Waals surface area (Å²) in [7, 11) is 0. The van der Waals surface area contributed by atoms with E-state index in [1.54, 1.807) is 0 Å². The molecule has 76 valence electrons. The van der Waals surface area contributed by atoms with Crippen LogP contribution in [0.4, 0.5) is 0 Å².